The van der Waals surface area contributed by atoms with Gasteiger partial charge in [0.15, 0.2) is 9.84 Å². The van der Waals surface area contributed by atoms with Gasteiger partial charge in [0.2, 0.25) is 5.91 Å². The van der Waals surface area contributed by atoms with E-state index in [0.717, 1.165) is 19.2 Å². The number of sulfone groups is 1. The summed E-state index contributed by atoms with van der Waals surface area (Å²) >= 11 is 0. The number of rotatable bonds is 9. The van der Waals surface area contributed by atoms with Crippen molar-refractivity contribution in [3.63, 3.8) is 0 Å². The molecule has 0 unspecified atom stereocenters. The third kappa shape index (κ3) is 5.64. The van der Waals surface area contributed by atoms with Crippen LogP contribution in [0.25, 0.3) is 22.0 Å². The molecule has 2 amide bonds. The zero-order valence-electron chi connectivity index (χ0n) is 22.3. The summed E-state index contributed by atoms with van der Waals surface area (Å²) in [5, 5.41) is 3.51. The van der Waals surface area contributed by atoms with E-state index in [2.05, 4.69) is 10.3 Å². The lowest BCUT2D eigenvalue weighted by Gasteiger charge is -2.16. The van der Waals surface area contributed by atoms with E-state index < -0.39 is 9.84 Å². The maximum Gasteiger partial charge on any atom is 0.274 e. The summed E-state index contributed by atoms with van der Waals surface area (Å²) in [6.07, 6.45) is 6.57. The second-order valence-electron chi connectivity index (χ2n) is 9.88. The van der Waals surface area contributed by atoms with Crippen molar-refractivity contribution in [1.82, 2.24) is 19.8 Å². The summed E-state index contributed by atoms with van der Waals surface area (Å²) < 4.78 is 32.4. The maximum atomic E-state index is 12.8. The van der Waals surface area contributed by atoms with Gasteiger partial charge < -0.3 is 24.5 Å². The number of aryl methyl sites for hydroxylation is 1. The Hall–Kier alpha value is -4.38. The highest BCUT2D eigenvalue weighted by Gasteiger charge is 2.20. The molecule has 1 aliphatic rings. The van der Waals surface area contributed by atoms with Gasteiger partial charge >= 0.3 is 0 Å². The van der Waals surface area contributed by atoms with E-state index >= 15 is 0 Å². The van der Waals surface area contributed by atoms with Crippen LogP contribution >= 0.6 is 0 Å². The standard InChI is InChI=1S/C29H30N4O6S/c1-32-18-24(22-11-13-30-27(22)29(32)36)23-17-21(40(2,37)38)9-10-25(23)39-20-7-3-6-19(16-20)28(35)31-12-5-15-33-14-4-8-26(33)34/h3,6-7,9-11,13,16-18,30H,4-5,8,12,14-15H2,1-2H3,(H,31,35). The number of hydrogen-bond acceptors (Lipinski definition) is 6. The minimum absolute atomic E-state index is 0.108. The summed E-state index contributed by atoms with van der Waals surface area (Å²) in [6, 6.07) is 13.0. The van der Waals surface area contributed by atoms with Crippen molar-refractivity contribution in [2.45, 2.75) is 24.2 Å². The molecule has 0 saturated carbocycles. The van der Waals surface area contributed by atoms with Gasteiger partial charge in [-0.15, -0.1) is 0 Å². The third-order valence-corrected chi connectivity index (χ3v) is 8.06. The fraction of sp³-hybridized carbons (Fsp3) is 0.276. The molecule has 10 nitrogen and oxygen atoms in total. The monoisotopic (exact) mass is 562 g/mol. The fourth-order valence-corrected chi connectivity index (χ4v) is 5.51. The predicted molar refractivity (Wildman–Crippen MR) is 151 cm³/mol. The van der Waals surface area contributed by atoms with Gasteiger partial charge in [0.05, 0.1) is 4.90 Å². The Labute approximate surface area is 231 Å². The molecule has 1 fully saturated rings. The zero-order valence-corrected chi connectivity index (χ0v) is 23.1. The Balaban J connectivity index is 1.40. The van der Waals surface area contributed by atoms with Crippen LogP contribution < -0.4 is 15.6 Å². The van der Waals surface area contributed by atoms with Crippen molar-refractivity contribution in [3.05, 3.63) is 76.8 Å². The summed E-state index contributed by atoms with van der Waals surface area (Å²) in [5.74, 6) is 0.646. The van der Waals surface area contributed by atoms with E-state index in [4.69, 9.17) is 4.74 Å². The van der Waals surface area contributed by atoms with E-state index in [0.29, 0.717) is 65.0 Å². The Kier molecular flexibility index (Phi) is 7.49. The van der Waals surface area contributed by atoms with Crippen LogP contribution in [0.15, 0.2) is 70.6 Å². The number of aromatic nitrogens is 2. The number of amides is 2. The number of carbonyl (C=O) groups excluding carboxylic acids is 2. The average Bonchev–Trinajstić information content (AvgIpc) is 3.58. The first-order valence-corrected chi connectivity index (χ1v) is 14.9. The van der Waals surface area contributed by atoms with Crippen LogP contribution in [0.5, 0.6) is 11.5 Å². The Morgan fingerprint density at radius 2 is 1.93 bits per heavy atom. The van der Waals surface area contributed by atoms with Crippen molar-refractivity contribution in [2.75, 3.05) is 25.9 Å². The van der Waals surface area contributed by atoms with Crippen LogP contribution in [-0.2, 0) is 21.7 Å². The summed E-state index contributed by atoms with van der Waals surface area (Å²) in [4.78, 5) is 42.0. The number of H-pyrrole nitrogens is 1. The molecule has 2 N–H and O–H groups in total. The predicted octanol–water partition coefficient (Wildman–Crippen LogP) is 3.47. The highest BCUT2D eigenvalue weighted by molar-refractivity contribution is 7.90. The lowest BCUT2D eigenvalue weighted by molar-refractivity contribution is -0.127. The zero-order chi connectivity index (χ0) is 28.4. The van der Waals surface area contributed by atoms with Crippen molar-refractivity contribution in [1.29, 1.82) is 0 Å². The number of hydrogen-bond donors (Lipinski definition) is 2. The van der Waals surface area contributed by atoms with Crippen LogP contribution in [0.2, 0.25) is 0 Å². The lowest BCUT2D eigenvalue weighted by atomic mass is 10.0. The molecule has 1 aliphatic heterocycles. The van der Waals surface area contributed by atoms with Gasteiger partial charge in [-0.25, -0.2) is 8.42 Å². The van der Waals surface area contributed by atoms with Gasteiger partial charge in [-0.3, -0.25) is 14.4 Å². The second-order valence-corrected chi connectivity index (χ2v) is 11.9. The van der Waals surface area contributed by atoms with Gasteiger partial charge in [-0.1, -0.05) is 6.07 Å². The number of carbonyl (C=O) groups is 2. The topological polar surface area (TPSA) is 131 Å². The summed E-state index contributed by atoms with van der Waals surface area (Å²) in [7, 11) is -1.90. The van der Waals surface area contributed by atoms with Crippen LogP contribution in [0.1, 0.15) is 29.6 Å². The quantitative estimate of drug-likeness (QED) is 0.301. The number of nitrogens with zero attached hydrogens (tertiary/aromatic N) is 2. The van der Waals surface area contributed by atoms with Gasteiger partial charge in [0.1, 0.15) is 17.0 Å². The van der Waals surface area contributed by atoms with E-state index in [-0.39, 0.29) is 22.3 Å². The van der Waals surface area contributed by atoms with Gasteiger partial charge in [-0.2, -0.15) is 0 Å². The molecule has 0 radical (unpaired) electrons. The molecule has 2 aromatic heterocycles. The van der Waals surface area contributed by atoms with E-state index in [9.17, 15) is 22.8 Å². The number of fused-ring (bicyclic) bond motifs is 1. The minimum Gasteiger partial charge on any atom is -0.457 e. The number of benzene rings is 2. The summed E-state index contributed by atoms with van der Waals surface area (Å²) in [6.45, 7) is 1.83. The Bertz CT molecular complexity index is 1770. The molecule has 0 atom stereocenters. The molecule has 40 heavy (non-hydrogen) atoms. The average molecular weight is 563 g/mol. The molecule has 3 heterocycles. The number of nitrogens with one attached hydrogen (secondary N) is 2. The second kappa shape index (κ2) is 11.0. The molecule has 0 aliphatic carbocycles. The van der Waals surface area contributed by atoms with Gasteiger partial charge in [0, 0.05) is 73.8 Å². The Morgan fingerprint density at radius 3 is 2.67 bits per heavy atom. The molecular formula is C29H30N4O6S. The van der Waals surface area contributed by atoms with Crippen LogP contribution in [0.3, 0.4) is 0 Å². The van der Waals surface area contributed by atoms with Crippen LogP contribution in [-0.4, -0.2) is 60.6 Å². The molecular weight excluding hydrogens is 532 g/mol. The van der Waals surface area contributed by atoms with Crippen LogP contribution in [0.4, 0.5) is 0 Å². The molecule has 1 saturated heterocycles. The number of likely N-dealkylation sites (tertiary alicyclic amines) is 1. The first kappa shape index (κ1) is 27.2. The largest absolute Gasteiger partial charge is 0.457 e. The highest BCUT2D eigenvalue weighted by atomic mass is 32.2. The smallest absolute Gasteiger partial charge is 0.274 e. The van der Waals surface area contributed by atoms with Gasteiger partial charge in [-0.05, 0) is 55.3 Å². The molecule has 0 spiro atoms. The van der Waals surface area contributed by atoms with Crippen LogP contribution in [0, 0.1) is 0 Å². The van der Waals surface area contributed by atoms with Gasteiger partial charge in [0.25, 0.3) is 11.5 Å². The molecule has 2 aromatic carbocycles. The minimum atomic E-state index is -3.53. The summed E-state index contributed by atoms with van der Waals surface area (Å²) in [5.41, 5.74) is 1.68. The molecule has 4 aromatic rings. The number of ether oxygens (including phenoxy) is 1. The number of pyridine rings is 1. The lowest BCUT2D eigenvalue weighted by Crippen LogP contribution is -2.30. The SMILES string of the molecule is Cn1cc(-c2cc(S(C)(=O)=O)ccc2Oc2cccc(C(=O)NCCCN3CCCC3=O)c2)c2cc[nH]c2c1=O. The molecule has 0 bridgehead atoms. The normalized spacial score (nSPS) is 13.7. The molecule has 11 heteroatoms. The van der Waals surface area contributed by atoms with Crippen molar-refractivity contribution in [3.8, 4) is 22.6 Å². The molecule has 208 valence electrons. The van der Waals surface area contributed by atoms with Crippen molar-refractivity contribution in [2.24, 2.45) is 7.05 Å². The van der Waals surface area contributed by atoms with E-state index in [1.165, 1.54) is 16.7 Å². The van der Waals surface area contributed by atoms with Crippen molar-refractivity contribution >= 4 is 32.6 Å². The first-order valence-electron chi connectivity index (χ1n) is 13.0. The maximum absolute atomic E-state index is 12.8. The Morgan fingerprint density at radius 1 is 1.10 bits per heavy atom. The first-order chi connectivity index (χ1) is 19.1. The van der Waals surface area contributed by atoms with Crippen molar-refractivity contribution < 1.29 is 22.7 Å². The third-order valence-electron chi connectivity index (χ3n) is 6.95. The van der Waals surface area contributed by atoms with E-state index in [1.54, 1.807) is 55.8 Å². The number of aromatic amines is 1. The molecule has 5 rings (SSSR count). The fourth-order valence-electron chi connectivity index (χ4n) is 4.86. The highest BCUT2D eigenvalue weighted by Crippen LogP contribution is 2.38. The van der Waals surface area contributed by atoms with E-state index in [1.807, 2.05) is 4.90 Å².